The van der Waals surface area contributed by atoms with Gasteiger partial charge < -0.3 is 9.80 Å². The number of hydrogen-bond acceptors (Lipinski definition) is 4. The minimum Gasteiger partial charge on any atom is -0.353 e. The van der Waals surface area contributed by atoms with Crippen LogP contribution in [0.4, 0.5) is 5.82 Å². The number of benzene rings is 2. The number of pyridine rings is 1. The predicted octanol–water partition coefficient (Wildman–Crippen LogP) is 4.72. The smallest absolute Gasteiger partial charge is 0.244 e. The van der Waals surface area contributed by atoms with Crippen molar-refractivity contribution in [3.63, 3.8) is 0 Å². The lowest BCUT2D eigenvalue weighted by atomic mass is 10.1. The molecule has 4 aromatic rings. The van der Waals surface area contributed by atoms with Gasteiger partial charge >= 0.3 is 0 Å². The van der Waals surface area contributed by atoms with Crippen LogP contribution in [0, 0.1) is 0 Å². The second-order valence-electron chi connectivity index (χ2n) is 8.01. The molecule has 0 unspecified atom stereocenters. The van der Waals surface area contributed by atoms with Gasteiger partial charge in [0, 0.05) is 42.4 Å². The Balaban J connectivity index is 1.33. The molecule has 1 aliphatic rings. The van der Waals surface area contributed by atoms with Gasteiger partial charge in [0.15, 0.2) is 0 Å². The zero-order chi connectivity index (χ0) is 22.6. The van der Waals surface area contributed by atoms with E-state index in [9.17, 15) is 4.79 Å². The van der Waals surface area contributed by atoms with Crippen molar-refractivity contribution in [3.8, 4) is 22.5 Å². The van der Waals surface area contributed by atoms with E-state index in [1.54, 1.807) is 6.20 Å². The molecule has 0 aliphatic carbocycles. The van der Waals surface area contributed by atoms with Crippen LogP contribution in [0.25, 0.3) is 22.5 Å². The van der Waals surface area contributed by atoms with Crippen LogP contribution in [-0.2, 0) is 11.3 Å². The Morgan fingerprint density at radius 2 is 1.52 bits per heavy atom. The Hall–Kier alpha value is -3.45. The summed E-state index contributed by atoms with van der Waals surface area (Å²) in [6.07, 6.45) is 1.81. The van der Waals surface area contributed by atoms with Crippen LogP contribution in [0.3, 0.4) is 0 Å². The van der Waals surface area contributed by atoms with Gasteiger partial charge in [-0.2, -0.15) is 5.10 Å². The van der Waals surface area contributed by atoms with Crippen LogP contribution >= 0.6 is 15.9 Å². The molecule has 0 saturated carbocycles. The number of piperazine rings is 1. The minimum atomic E-state index is 0.0818. The first-order valence-corrected chi connectivity index (χ1v) is 11.8. The molecule has 1 fully saturated rings. The molecule has 3 heterocycles. The zero-order valence-corrected chi connectivity index (χ0v) is 19.7. The largest absolute Gasteiger partial charge is 0.353 e. The minimum absolute atomic E-state index is 0.0818. The van der Waals surface area contributed by atoms with E-state index in [4.69, 9.17) is 5.10 Å². The van der Waals surface area contributed by atoms with Gasteiger partial charge in [-0.1, -0.05) is 60.7 Å². The highest BCUT2D eigenvalue weighted by Gasteiger charge is 2.23. The van der Waals surface area contributed by atoms with Gasteiger partial charge in [-0.3, -0.25) is 9.48 Å². The molecule has 1 aliphatic heterocycles. The lowest BCUT2D eigenvalue weighted by Crippen LogP contribution is -2.49. The average Bonchev–Trinajstić information content (AvgIpc) is 3.29. The molecule has 0 bridgehead atoms. The van der Waals surface area contributed by atoms with Crippen molar-refractivity contribution in [2.24, 2.45) is 0 Å². The third kappa shape index (κ3) is 4.83. The fourth-order valence-corrected chi connectivity index (χ4v) is 4.33. The predicted molar refractivity (Wildman–Crippen MR) is 134 cm³/mol. The molecule has 6 nitrogen and oxygen atoms in total. The van der Waals surface area contributed by atoms with Crippen LogP contribution in [0.1, 0.15) is 0 Å². The molecule has 1 amide bonds. The number of amides is 1. The number of halogens is 1. The van der Waals surface area contributed by atoms with E-state index in [0.717, 1.165) is 45.9 Å². The number of rotatable bonds is 5. The summed E-state index contributed by atoms with van der Waals surface area (Å²) in [6.45, 7) is 3.09. The van der Waals surface area contributed by atoms with E-state index in [-0.39, 0.29) is 12.5 Å². The Kier molecular flexibility index (Phi) is 6.21. The van der Waals surface area contributed by atoms with Crippen molar-refractivity contribution in [1.82, 2.24) is 19.7 Å². The molecular formula is C26H24BrN5O. The summed E-state index contributed by atoms with van der Waals surface area (Å²) in [5, 5.41) is 4.81. The quantitative estimate of drug-likeness (QED) is 0.396. The van der Waals surface area contributed by atoms with Crippen molar-refractivity contribution < 1.29 is 4.79 Å². The maximum Gasteiger partial charge on any atom is 0.244 e. The maximum absolute atomic E-state index is 13.2. The van der Waals surface area contributed by atoms with E-state index in [2.05, 4.69) is 44.0 Å². The summed E-state index contributed by atoms with van der Waals surface area (Å²) in [7, 11) is 0. The molecule has 7 heteroatoms. The van der Waals surface area contributed by atoms with Gasteiger partial charge in [0.2, 0.25) is 5.91 Å². The maximum atomic E-state index is 13.2. The van der Waals surface area contributed by atoms with Gasteiger partial charge in [0.05, 0.1) is 11.4 Å². The number of nitrogens with zero attached hydrogens (tertiary/aromatic N) is 5. The van der Waals surface area contributed by atoms with Crippen molar-refractivity contribution in [3.05, 3.63) is 89.5 Å². The number of carbonyl (C=O) groups excluding carboxylic acids is 1. The third-order valence-corrected chi connectivity index (χ3v) is 6.34. The SMILES string of the molecule is O=C(Cn1nc(-c2ccccc2)cc1-c1ccccc1)N1CCN(c2ccc(Br)cn2)CC1. The number of carbonyl (C=O) groups is 1. The van der Waals surface area contributed by atoms with E-state index in [1.165, 1.54) is 0 Å². The van der Waals surface area contributed by atoms with Gasteiger partial charge in [-0.05, 0) is 39.7 Å². The molecule has 0 spiro atoms. The summed E-state index contributed by atoms with van der Waals surface area (Å²) in [5.74, 6) is 1.02. The molecule has 0 radical (unpaired) electrons. The van der Waals surface area contributed by atoms with E-state index >= 15 is 0 Å². The molecule has 166 valence electrons. The highest BCUT2D eigenvalue weighted by molar-refractivity contribution is 9.10. The van der Waals surface area contributed by atoms with E-state index in [1.807, 2.05) is 70.2 Å². The molecule has 2 aromatic carbocycles. The first-order chi connectivity index (χ1) is 16.2. The van der Waals surface area contributed by atoms with E-state index in [0.29, 0.717) is 13.1 Å². The Morgan fingerprint density at radius 1 is 0.848 bits per heavy atom. The van der Waals surface area contributed by atoms with Crippen molar-refractivity contribution in [2.75, 3.05) is 31.1 Å². The second kappa shape index (κ2) is 9.58. The average molecular weight is 502 g/mol. The number of hydrogen-bond donors (Lipinski definition) is 0. The van der Waals surface area contributed by atoms with Crippen LogP contribution in [0.2, 0.25) is 0 Å². The third-order valence-electron chi connectivity index (χ3n) is 5.87. The van der Waals surface area contributed by atoms with Crippen LogP contribution in [-0.4, -0.2) is 51.8 Å². The Morgan fingerprint density at radius 3 is 2.15 bits per heavy atom. The molecule has 1 saturated heterocycles. The first-order valence-electron chi connectivity index (χ1n) is 11.0. The van der Waals surface area contributed by atoms with Crippen LogP contribution in [0.15, 0.2) is 89.5 Å². The van der Waals surface area contributed by atoms with Gasteiger partial charge in [0.25, 0.3) is 0 Å². The molecule has 0 N–H and O–H groups in total. The highest BCUT2D eigenvalue weighted by atomic mass is 79.9. The number of anilines is 1. The summed E-state index contributed by atoms with van der Waals surface area (Å²) < 4.78 is 2.80. The fourth-order valence-electron chi connectivity index (χ4n) is 4.10. The summed E-state index contributed by atoms with van der Waals surface area (Å²) >= 11 is 3.43. The van der Waals surface area contributed by atoms with Crippen LogP contribution in [0.5, 0.6) is 0 Å². The molecule has 33 heavy (non-hydrogen) atoms. The summed E-state index contributed by atoms with van der Waals surface area (Å²) in [6, 6.07) is 26.2. The lowest BCUT2D eigenvalue weighted by molar-refractivity contribution is -0.132. The van der Waals surface area contributed by atoms with Crippen molar-refractivity contribution in [1.29, 1.82) is 0 Å². The monoisotopic (exact) mass is 501 g/mol. The molecule has 5 rings (SSSR count). The summed E-state index contributed by atoms with van der Waals surface area (Å²) in [4.78, 5) is 21.8. The topological polar surface area (TPSA) is 54.3 Å². The lowest BCUT2D eigenvalue weighted by Gasteiger charge is -2.35. The zero-order valence-electron chi connectivity index (χ0n) is 18.1. The first kappa shape index (κ1) is 21.4. The number of aromatic nitrogens is 3. The van der Waals surface area contributed by atoms with Crippen LogP contribution < -0.4 is 4.90 Å². The molecule has 2 aromatic heterocycles. The van der Waals surface area contributed by atoms with Crippen molar-refractivity contribution >= 4 is 27.7 Å². The molecule has 0 atom stereocenters. The van der Waals surface area contributed by atoms with Gasteiger partial charge in [-0.25, -0.2) is 4.98 Å². The Bertz CT molecular complexity index is 1220. The highest BCUT2D eigenvalue weighted by Crippen LogP contribution is 2.26. The fraction of sp³-hybridized carbons (Fsp3) is 0.192. The van der Waals surface area contributed by atoms with Gasteiger partial charge in [0.1, 0.15) is 12.4 Å². The van der Waals surface area contributed by atoms with Crippen molar-refractivity contribution in [2.45, 2.75) is 6.54 Å². The Labute approximate surface area is 201 Å². The second-order valence-corrected chi connectivity index (χ2v) is 8.92. The summed E-state index contributed by atoms with van der Waals surface area (Å²) in [5.41, 5.74) is 3.90. The normalized spacial score (nSPS) is 13.8. The molecular weight excluding hydrogens is 478 g/mol. The standard InChI is InChI=1S/C26H24BrN5O/c27-22-11-12-25(28-18-22)30-13-15-31(16-14-30)26(33)19-32-24(21-9-5-2-6-10-21)17-23(29-32)20-7-3-1-4-8-20/h1-12,17-18H,13-16,19H2. The van der Waals surface area contributed by atoms with E-state index < -0.39 is 0 Å². The van der Waals surface area contributed by atoms with Gasteiger partial charge in [-0.15, -0.1) is 0 Å².